The number of likely N-dealkylation sites (tertiary alicyclic amines) is 1. The van der Waals surface area contributed by atoms with Gasteiger partial charge >= 0.3 is 0 Å². The highest BCUT2D eigenvalue weighted by Gasteiger charge is 2.22. The van der Waals surface area contributed by atoms with Crippen LogP contribution in [0.25, 0.3) is 0 Å². The Morgan fingerprint density at radius 3 is 2.72 bits per heavy atom. The lowest BCUT2D eigenvalue weighted by Crippen LogP contribution is -2.39. The summed E-state index contributed by atoms with van der Waals surface area (Å²) in [6.07, 6.45) is 0.877. The van der Waals surface area contributed by atoms with Crippen LogP contribution in [0.2, 0.25) is 0 Å². The second kappa shape index (κ2) is 5.53. The molecule has 3 heteroatoms. The molecule has 2 rings (SSSR count). The first-order chi connectivity index (χ1) is 8.60. The molecule has 0 aliphatic carbocycles. The Balaban J connectivity index is 2.00. The molecule has 18 heavy (non-hydrogen) atoms. The van der Waals surface area contributed by atoms with Gasteiger partial charge in [0.2, 0.25) is 0 Å². The number of rotatable bonds is 2. The van der Waals surface area contributed by atoms with Crippen molar-refractivity contribution >= 4 is 5.71 Å². The quantitative estimate of drug-likeness (QED) is 0.643. The number of oxime groups is 1. The summed E-state index contributed by atoms with van der Waals surface area (Å²) < 4.78 is 0. The van der Waals surface area contributed by atoms with Crippen LogP contribution in [0.1, 0.15) is 30.0 Å². The number of hydrogen-bond acceptors (Lipinski definition) is 3. The van der Waals surface area contributed by atoms with Crippen LogP contribution in [-0.4, -0.2) is 28.9 Å². The molecule has 0 amide bonds. The van der Waals surface area contributed by atoms with E-state index in [1.807, 2.05) is 0 Å². The predicted octanol–water partition coefficient (Wildman–Crippen LogP) is 2.98. The molecule has 1 unspecified atom stereocenters. The Labute approximate surface area is 109 Å². The van der Waals surface area contributed by atoms with Crippen molar-refractivity contribution in [2.24, 2.45) is 11.1 Å². The van der Waals surface area contributed by atoms with Crippen LogP contribution in [0.3, 0.4) is 0 Å². The van der Waals surface area contributed by atoms with Gasteiger partial charge in [0.1, 0.15) is 0 Å². The Kier molecular flexibility index (Phi) is 4.02. The maximum atomic E-state index is 8.87. The third-order valence-electron chi connectivity index (χ3n) is 3.89. The van der Waals surface area contributed by atoms with Gasteiger partial charge in [-0.1, -0.05) is 30.3 Å². The summed E-state index contributed by atoms with van der Waals surface area (Å²) >= 11 is 0. The number of piperidine rings is 1. The number of benzene rings is 1. The average Bonchev–Trinajstić information content (AvgIpc) is 2.34. The minimum absolute atomic E-state index is 0.357. The van der Waals surface area contributed by atoms with E-state index in [1.165, 1.54) is 16.7 Å². The minimum Gasteiger partial charge on any atom is -0.411 e. The van der Waals surface area contributed by atoms with Crippen molar-refractivity contribution in [3.63, 3.8) is 0 Å². The molecule has 1 aromatic rings. The zero-order valence-corrected chi connectivity index (χ0v) is 11.5. The van der Waals surface area contributed by atoms with Crippen LogP contribution in [0.15, 0.2) is 23.4 Å². The lowest BCUT2D eigenvalue weighted by atomic mass is 9.97. The number of aryl methyl sites for hydroxylation is 2. The fourth-order valence-corrected chi connectivity index (χ4v) is 2.56. The van der Waals surface area contributed by atoms with E-state index in [2.05, 4.69) is 49.0 Å². The molecular weight excluding hydrogens is 224 g/mol. The molecule has 0 radical (unpaired) electrons. The molecule has 1 saturated heterocycles. The van der Waals surface area contributed by atoms with Gasteiger partial charge in [-0.25, -0.2) is 0 Å². The molecule has 1 aliphatic rings. The summed E-state index contributed by atoms with van der Waals surface area (Å²) in [6, 6.07) is 6.68. The molecule has 0 saturated carbocycles. The summed E-state index contributed by atoms with van der Waals surface area (Å²) in [6.45, 7) is 9.38. The summed E-state index contributed by atoms with van der Waals surface area (Å²) in [5.41, 5.74) is 5.01. The topological polar surface area (TPSA) is 35.8 Å². The number of nitrogens with zero attached hydrogens (tertiary/aromatic N) is 2. The fraction of sp³-hybridized carbons (Fsp3) is 0.533. The minimum atomic E-state index is 0.357. The summed E-state index contributed by atoms with van der Waals surface area (Å²) in [4.78, 5) is 2.43. The van der Waals surface area contributed by atoms with E-state index in [1.54, 1.807) is 0 Å². The summed E-state index contributed by atoms with van der Waals surface area (Å²) in [7, 11) is 0. The smallest absolute Gasteiger partial charge is 0.0624 e. The van der Waals surface area contributed by atoms with Crippen LogP contribution in [0, 0.1) is 19.8 Å². The first-order valence-corrected chi connectivity index (χ1v) is 6.59. The van der Waals surface area contributed by atoms with Crippen LogP contribution in [-0.2, 0) is 6.54 Å². The van der Waals surface area contributed by atoms with E-state index >= 15 is 0 Å². The van der Waals surface area contributed by atoms with Crippen LogP contribution < -0.4 is 0 Å². The van der Waals surface area contributed by atoms with Gasteiger partial charge in [0.05, 0.1) is 5.71 Å². The van der Waals surface area contributed by atoms with Gasteiger partial charge in [-0.2, -0.15) is 0 Å². The van der Waals surface area contributed by atoms with Gasteiger partial charge in [0, 0.05) is 32.0 Å². The molecular formula is C15H22N2O. The Morgan fingerprint density at radius 1 is 1.33 bits per heavy atom. The Hall–Kier alpha value is -1.35. The zero-order valence-electron chi connectivity index (χ0n) is 11.5. The standard InChI is InChI=1S/C15H22N2O/c1-11-4-5-14(8-12(11)2)10-17-7-6-15(16-18)13(3)9-17/h4-5,8,13,18H,6-7,9-10H2,1-3H3/b16-15+. The van der Waals surface area contributed by atoms with Crippen molar-refractivity contribution in [1.29, 1.82) is 0 Å². The average molecular weight is 246 g/mol. The van der Waals surface area contributed by atoms with Gasteiger partial charge in [-0.15, -0.1) is 0 Å². The highest BCUT2D eigenvalue weighted by Crippen LogP contribution is 2.18. The van der Waals surface area contributed by atoms with Gasteiger partial charge in [0.15, 0.2) is 0 Å². The molecule has 0 aromatic heterocycles. The molecule has 1 N–H and O–H groups in total. The van der Waals surface area contributed by atoms with Crippen molar-refractivity contribution in [3.8, 4) is 0 Å². The second-order valence-electron chi connectivity index (χ2n) is 5.40. The summed E-state index contributed by atoms with van der Waals surface area (Å²) in [5.74, 6) is 0.357. The molecule has 1 fully saturated rings. The van der Waals surface area contributed by atoms with Crippen molar-refractivity contribution in [2.45, 2.75) is 33.7 Å². The van der Waals surface area contributed by atoms with E-state index in [4.69, 9.17) is 5.21 Å². The first kappa shape index (κ1) is 13.1. The zero-order chi connectivity index (χ0) is 13.1. The van der Waals surface area contributed by atoms with Gasteiger partial charge in [0.25, 0.3) is 0 Å². The van der Waals surface area contributed by atoms with E-state index in [9.17, 15) is 0 Å². The van der Waals surface area contributed by atoms with Crippen molar-refractivity contribution in [1.82, 2.24) is 4.90 Å². The monoisotopic (exact) mass is 246 g/mol. The molecule has 0 spiro atoms. The lowest BCUT2D eigenvalue weighted by Gasteiger charge is -2.31. The lowest BCUT2D eigenvalue weighted by molar-refractivity contribution is 0.228. The molecule has 98 valence electrons. The first-order valence-electron chi connectivity index (χ1n) is 6.59. The fourth-order valence-electron chi connectivity index (χ4n) is 2.56. The molecule has 1 heterocycles. The van der Waals surface area contributed by atoms with E-state index in [-0.39, 0.29) is 0 Å². The van der Waals surface area contributed by atoms with Crippen LogP contribution >= 0.6 is 0 Å². The Bertz CT molecular complexity index is 454. The van der Waals surface area contributed by atoms with Crippen LogP contribution in [0.5, 0.6) is 0 Å². The molecule has 3 nitrogen and oxygen atoms in total. The maximum Gasteiger partial charge on any atom is 0.0624 e. The van der Waals surface area contributed by atoms with Gasteiger partial charge < -0.3 is 5.21 Å². The maximum absolute atomic E-state index is 8.87. The third kappa shape index (κ3) is 2.91. The van der Waals surface area contributed by atoms with Crippen molar-refractivity contribution in [2.75, 3.05) is 13.1 Å². The van der Waals surface area contributed by atoms with E-state index < -0.39 is 0 Å². The highest BCUT2D eigenvalue weighted by molar-refractivity contribution is 5.86. The van der Waals surface area contributed by atoms with E-state index in [0.717, 1.165) is 31.8 Å². The highest BCUT2D eigenvalue weighted by atomic mass is 16.4. The SMILES string of the molecule is Cc1ccc(CN2CC/C(=N\O)C(C)C2)cc1C. The van der Waals surface area contributed by atoms with Gasteiger partial charge in [-0.05, 0) is 30.5 Å². The second-order valence-corrected chi connectivity index (χ2v) is 5.40. The molecule has 1 atom stereocenters. The summed E-state index contributed by atoms with van der Waals surface area (Å²) in [5, 5.41) is 12.3. The molecule has 1 aliphatic heterocycles. The number of hydrogen-bond donors (Lipinski definition) is 1. The van der Waals surface area contributed by atoms with Crippen molar-refractivity contribution in [3.05, 3.63) is 34.9 Å². The normalized spacial score (nSPS) is 23.5. The largest absolute Gasteiger partial charge is 0.411 e. The predicted molar refractivity (Wildman–Crippen MR) is 74.2 cm³/mol. The van der Waals surface area contributed by atoms with Crippen LogP contribution in [0.4, 0.5) is 0 Å². The van der Waals surface area contributed by atoms with Gasteiger partial charge in [-0.3, -0.25) is 4.90 Å². The van der Waals surface area contributed by atoms with Crippen molar-refractivity contribution < 1.29 is 5.21 Å². The van der Waals surface area contributed by atoms with E-state index in [0.29, 0.717) is 5.92 Å². The molecule has 0 bridgehead atoms. The third-order valence-corrected chi connectivity index (χ3v) is 3.89. The molecule has 1 aromatic carbocycles. The Morgan fingerprint density at radius 2 is 2.11 bits per heavy atom.